The molecule has 4 heteroatoms. The Hall–Kier alpha value is -0.900. The van der Waals surface area contributed by atoms with Gasteiger partial charge in [-0.25, -0.2) is 0 Å². The second-order valence-electron chi connectivity index (χ2n) is 7.59. The number of rotatable bonds is 4. The molecule has 1 aromatic heterocycles. The summed E-state index contributed by atoms with van der Waals surface area (Å²) >= 11 is 0. The van der Waals surface area contributed by atoms with Crippen molar-refractivity contribution in [3.8, 4) is 0 Å². The molecule has 110 valence electrons. The summed E-state index contributed by atoms with van der Waals surface area (Å²) in [7, 11) is 2.17. The largest absolute Gasteiger partial charge is 0.330 e. The maximum atomic E-state index is 5.62. The number of aryl methyl sites for hydroxylation is 1. The molecule has 4 aliphatic carbocycles. The van der Waals surface area contributed by atoms with Crippen LogP contribution in [-0.4, -0.2) is 21.3 Å². The molecule has 0 aromatic carbocycles. The van der Waals surface area contributed by atoms with Crippen molar-refractivity contribution in [2.75, 3.05) is 6.54 Å². The van der Waals surface area contributed by atoms with Crippen LogP contribution >= 0.6 is 0 Å². The van der Waals surface area contributed by atoms with Gasteiger partial charge in [0.05, 0.1) is 0 Å². The highest BCUT2D eigenvalue weighted by Gasteiger charge is 2.53. The summed E-state index contributed by atoms with van der Waals surface area (Å²) in [5.74, 6) is 5.30. The van der Waals surface area contributed by atoms with Crippen LogP contribution in [0.4, 0.5) is 0 Å². The van der Waals surface area contributed by atoms with E-state index in [1.54, 1.807) is 0 Å². The van der Waals surface area contributed by atoms with E-state index in [0.29, 0.717) is 5.41 Å². The Morgan fingerprint density at radius 3 is 2.25 bits per heavy atom. The highest BCUT2D eigenvalue weighted by Crippen LogP contribution is 2.60. The minimum atomic E-state index is 0.359. The van der Waals surface area contributed by atoms with Gasteiger partial charge in [-0.2, -0.15) is 0 Å². The minimum absolute atomic E-state index is 0.359. The molecule has 1 heterocycles. The lowest BCUT2D eigenvalue weighted by Gasteiger charge is -2.56. The Bertz CT molecular complexity index is 469. The van der Waals surface area contributed by atoms with Crippen molar-refractivity contribution < 1.29 is 0 Å². The average molecular weight is 274 g/mol. The molecular formula is C16H26N4. The van der Waals surface area contributed by atoms with E-state index in [2.05, 4.69) is 21.8 Å². The smallest absolute Gasteiger partial charge is 0.139 e. The van der Waals surface area contributed by atoms with E-state index in [4.69, 9.17) is 5.73 Å². The normalized spacial score (nSPS) is 38.6. The molecule has 0 spiro atoms. The highest BCUT2D eigenvalue weighted by atomic mass is 15.3. The molecule has 20 heavy (non-hydrogen) atoms. The molecule has 0 saturated heterocycles. The van der Waals surface area contributed by atoms with Gasteiger partial charge in [0.25, 0.3) is 0 Å². The topological polar surface area (TPSA) is 56.7 Å². The zero-order valence-corrected chi connectivity index (χ0v) is 12.5. The fourth-order valence-corrected chi connectivity index (χ4v) is 5.69. The fraction of sp³-hybridized carbons (Fsp3) is 0.875. The van der Waals surface area contributed by atoms with Crippen LogP contribution in [0.25, 0.3) is 0 Å². The third-order valence-corrected chi connectivity index (χ3v) is 6.08. The van der Waals surface area contributed by atoms with Crippen LogP contribution in [-0.2, 0) is 18.9 Å². The highest BCUT2D eigenvalue weighted by molar-refractivity contribution is 5.18. The van der Waals surface area contributed by atoms with Crippen LogP contribution in [0, 0.1) is 17.8 Å². The van der Waals surface area contributed by atoms with E-state index in [9.17, 15) is 0 Å². The predicted octanol–water partition coefficient (Wildman–Crippen LogP) is 2.17. The van der Waals surface area contributed by atoms with Gasteiger partial charge >= 0.3 is 0 Å². The van der Waals surface area contributed by atoms with E-state index in [-0.39, 0.29) is 0 Å². The fourth-order valence-electron chi connectivity index (χ4n) is 5.69. The first-order valence-electron chi connectivity index (χ1n) is 8.29. The molecule has 2 N–H and O–H groups in total. The lowest BCUT2D eigenvalue weighted by Crippen LogP contribution is -2.49. The van der Waals surface area contributed by atoms with Crippen molar-refractivity contribution >= 4 is 0 Å². The lowest BCUT2D eigenvalue weighted by molar-refractivity contribution is -0.0108. The van der Waals surface area contributed by atoms with Crippen LogP contribution in [0.5, 0.6) is 0 Å². The number of nitrogens with two attached hydrogens (primary N) is 1. The van der Waals surface area contributed by atoms with E-state index < -0.39 is 0 Å². The first-order valence-corrected chi connectivity index (χ1v) is 8.29. The van der Waals surface area contributed by atoms with E-state index in [0.717, 1.165) is 43.0 Å². The van der Waals surface area contributed by atoms with Crippen molar-refractivity contribution in [3.63, 3.8) is 0 Å². The van der Waals surface area contributed by atoms with E-state index in [1.807, 2.05) is 0 Å². The summed E-state index contributed by atoms with van der Waals surface area (Å²) in [4.78, 5) is 0. The Labute approximate surface area is 121 Å². The average Bonchev–Trinajstić information content (AvgIpc) is 2.77. The van der Waals surface area contributed by atoms with Crippen molar-refractivity contribution in [1.29, 1.82) is 0 Å². The number of hydrogen-bond donors (Lipinski definition) is 1. The Morgan fingerprint density at radius 2 is 1.70 bits per heavy atom. The second-order valence-corrected chi connectivity index (χ2v) is 7.59. The van der Waals surface area contributed by atoms with Gasteiger partial charge in [0.15, 0.2) is 0 Å². The minimum Gasteiger partial charge on any atom is -0.330 e. The quantitative estimate of drug-likeness (QED) is 0.915. The van der Waals surface area contributed by atoms with Crippen molar-refractivity contribution in [2.45, 2.75) is 56.8 Å². The van der Waals surface area contributed by atoms with E-state index in [1.165, 1.54) is 44.3 Å². The summed E-state index contributed by atoms with van der Waals surface area (Å²) in [5.41, 5.74) is 5.98. The summed E-state index contributed by atoms with van der Waals surface area (Å²) in [5, 5.41) is 9.10. The number of hydrogen-bond acceptors (Lipinski definition) is 3. The second kappa shape index (κ2) is 4.55. The van der Waals surface area contributed by atoms with Gasteiger partial charge in [-0.3, -0.25) is 0 Å². The Morgan fingerprint density at radius 1 is 1.10 bits per heavy atom. The number of nitrogens with zero attached hydrogens (tertiary/aromatic N) is 3. The van der Waals surface area contributed by atoms with Crippen molar-refractivity contribution in [3.05, 3.63) is 11.6 Å². The van der Waals surface area contributed by atoms with Gasteiger partial charge in [0.1, 0.15) is 11.6 Å². The van der Waals surface area contributed by atoms with Crippen LogP contribution in [0.2, 0.25) is 0 Å². The standard InChI is InChI=1S/C16H26N4/c1-20-14(3-2-4-17)18-19-15(20)16-8-11-5-12(9-16)7-13(6-11)10-16/h11-13H,2-10,17H2,1H3. The SMILES string of the molecule is Cn1c(CCCN)nnc1C12CC3CC(CC(C3)C1)C2. The summed E-state index contributed by atoms with van der Waals surface area (Å²) in [6, 6.07) is 0. The Balaban J connectivity index is 1.65. The molecule has 4 aliphatic rings. The van der Waals surface area contributed by atoms with Crippen LogP contribution in [0.15, 0.2) is 0 Å². The molecule has 4 saturated carbocycles. The van der Waals surface area contributed by atoms with Gasteiger partial charge < -0.3 is 10.3 Å². The van der Waals surface area contributed by atoms with E-state index >= 15 is 0 Å². The molecule has 1 aromatic rings. The van der Waals surface area contributed by atoms with Gasteiger partial charge in [0.2, 0.25) is 0 Å². The third kappa shape index (κ3) is 1.84. The monoisotopic (exact) mass is 274 g/mol. The van der Waals surface area contributed by atoms with Crippen molar-refractivity contribution in [2.24, 2.45) is 30.5 Å². The molecule has 0 aliphatic heterocycles. The maximum absolute atomic E-state index is 5.62. The predicted molar refractivity (Wildman–Crippen MR) is 78.2 cm³/mol. The molecule has 0 amide bonds. The van der Waals surface area contributed by atoms with Gasteiger partial charge in [-0.1, -0.05) is 0 Å². The molecule has 4 fully saturated rings. The summed E-state index contributed by atoms with van der Waals surface area (Å²) in [6.45, 7) is 0.736. The van der Waals surface area contributed by atoms with Crippen LogP contribution < -0.4 is 5.73 Å². The molecule has 5 rings (SSSR count). The zero-order chi connectivity index (χ0) is 13.7. The first-order chi connectivity index (χ1) is 9.70. The first kappa shape index (κ1) is 12.8. The summed E-state index contributed by atoms with van der Waals surface area (Å²) < 4.78 is 2.29. The van der Waals surface area contributed by atoms with Gasteiger partial charge in [-0.05, 0) is 69.2 Å². The molecule has 0 atom stereocenters. The third-order valence-electron chi connectivity index (χ3n) is 6.08. The van der Waals surface area contributed by atoms with Gasteiger partial charge in [-0.15, -0.1) is 10.2 Å². The lowest BCUT2D eigenvalue weighted by atomic mass is 9.49. The van der Waals surface area contributed by atoms with Crippen LogP contribution in [0.1, 0.15) is 56.6 Å². The summed E-state index contributed by atoms with van der Waals surface area (Å²) in [6.07, 6.45) is 10.5. The number of aromatic nitrogens is 3. The zero-order valence-electron chi connectivity index (χ0n) is 12.5. The molecule has 4 bridgehead atoms. The molecule has 4 nitrogen and oxygen atoms in total. The van der Waals surface area contributed by atoms with Gasteiger partial charge in [0, 0.05) is 18.9 Å². The molecular weight excluding hydrogens is 248 g/mol. The van der Waals surface area contributed by atoms with Crippen molar-refractivity contribution in [1.82, 2.24) is 14.8 Å². The maximum Gasteiger partial charge on any atom is 0.139 e. The Kier molecular flexibility index (Phi) is 2.92. The molecule has 0 radical (unpaired) electrons. The molecule has 0 unspecified atom stereocenters. The van der Waals surface area contributed by atoms with Crippen LogP contribution in [0.3, 0.4) is 0 Å².